The van der Waals surface area contributed by atoms with Crippen LogP contribution in [0.15, 0.2) is 42.5 Å². The Labute approximate surface area is 166 Å². The summed E-state index contributed by atoms with van der Waals surface area (Å²) in [4.78, 5) is 23.5. The number of halogens is 2. The van der Waals surface area contributed by atoms with Crippen LogP contribution in [-0.4, -0.2) is 31.3 Å². The van der Waals surface area contributed by atoms with Gasteiger partial charge in [0, 0.05) is 17.5 Å². The number of benzene rings is 2. The Morgan fingerprint density at radius 3 is 2.65 bits per heavy atom. The lowest BCUT2D eigenvalue weighted by atomic mass is 10.2. The van der Waals surface area contributed by atoms with E-state index in [-0.39, 0.29) is 12.4 Å². The number of carbonyl (C=O) groups excluding carboxylic acids is 2. The molecule has 2 aromatic carbocycles. The van der Waals surface area contributed by atoms with E-state index in [0.29, 0.717) is 27.2 Å². The Morgan fingerprint density at radius 1 is 1.12 bits per heavy atom. The van der Waals surface area contributed by atoms with Gasteiger partial charge >= 0.3 is 5.97 Å². The molecule has 0 fully saturated rings. The van der Waals surface area contributed by atoms with Crippen LogP contribution in [0.3, 0.4) is 0 Å². The fourth-order valence-electron chi connectivity index (χ4n) is 1.97. The first-order valence-electron chi connectivity index (χ1n) is 7.59. The largest absolute Gasteiger partial charge is 0.497 e. The summed E-state index contributed by atoms with van der Waals surface area (Å²) in [6.45, 7) is -0.344. The highest BCUT2D eigenvalue weighted by atomic mass is 35.5. The second-order valence-electron chi connectivity index (χ2n) is 5.18. The SMILES string of the molecule is COc1cccc(NC(=O)COC(=O)CSCc2ccc(Cl)c(Cl)c2)c1. The Balaban J connectivity index is 1.69. The zero-order chi connectivity index (χ0) is 18.9. The molecule has 2 aromatic rings. The summed E-state index contributed by atoms with van der Waals surface area (Å²) >= 11 is 13.2. The summed E-state index contributed by atoms with van der Waals surface area (Å²) in [5, 5.41) is 3.60. The summed E-state index contributed by atoms with van der Waals surface area (Å²) < 4.78 is 10.0. The van der Waals surface area contributed by atoms with Crippen LogP contribution in [0.2, 0.25) is 10.0 Å². The van der Waals surface area contributed by atoms with Crippen molar-refractivity contribution in [1.29, 1.82) is 0 Å². The quantitative estimate of drug-likeness (QED) is 0.648. The molecule has 26 heavy (non-hydrogen) atoms. The van der Waals surface area contributed by atoms with Crippen molar-refractivity contribution in [3.63, 3.8) is 0 Å². The van der Waals surface area contributed by atoms with Gasteiger partial charge in [0.15, 0.2) is 6.61 Å². The van der Waals surface area contributed by atoms with Crippen molar-refractivity contribution in [2.24, 2.45) is 0 Å². The van der Waals surface area contributed by atoms with E-state index in [9.17, 15) is 9.59 Å². The average Bonchev–Trinajstić information content (AvgIpc) is 2.63. The number of nitrogens with one attached hydrogen (secondary N) is 1. The molecule has 0 unspecified atom stereocenters. The summed E-state index contributed by atoms with van der Waals surface area (Å²) in [6, 6.07) is 12.2. The number of amides is 1. The molecule has 2 rings (SSSR count). The molecule has 0 aromatic heterocycles. The molecular weight excluding hydrogens is 397 g/mol. The third kappa shape index (κ3) is 6.78. The van der Waals surface area contributed by atoms with E-state index in [0.717, 1.165) is 5.56 Å². The minimum absolute atomic E-state index is 0.132. The van der Waals surface area contributed by atoms with Gasteiger partial charge in [0.1, 0.15) is 5.75 Å². The normalized spacial score (nSPS) is 10.3. The van der Waals surface area contributed by atoms with Crippen LogP contribution in [0.1, 0.15) is 5.56 Å². The van der Waals surface area contributed by atoms with Gasteiger partial charge in [-0.05, 0) is 29.8 Å². The molecule has 0 heterocycles. The number of esters is 1. The molecule has 0 aliphatic carbocycles. The lowest BCUT2D eigenvalue weighted by molar-refractivity contribution is -0.144. The fraction of sp³-hybridized carbons (Fsp3) is 0.222. The molecule has 1 amide bonds. The van der Waals surface area contributed by atoms with Crippen molar-refractivity contribution < 1.29 is 19.1 Å². The maximum Gasteiger partial charge on any atom is 0.316 e. The summed E-state index contributed by atoms with van der Waals surface area (Å²) in [5.74, 6) is 0.463. The monoisotopic (exact) mass is 413 g/mol. The van der Waals surface area contributed by atoms with Gasteiger partial charge < -0.3 is 14.8 Å². The van der Waals surface area contributed by atoms with Crippen molar-refractivity contribution in [3.8, 4) is 5.75 Å². The van der Waals surface area contributed by atoms with Gasteiger partial charge in [-0.2, -0.15) is 0 Å². The van der Waals surface area contributed by atoms with Crippen LogP contribution in [0.25, 0.3) is 0 Å². The van der Waals surface area contributed by atoms with Crippen LogP contribution in [0, 0.1) is 0 Å². The van der Waals surface area contributed by atoms with Crippen molar-refractivity contribution >= 4 is 52.5 Å². The van der Waals surface area contributed by atoms with Crippen molar-refractivity contribution in [3.05, 3.63) is 58.1 Å². The highest BCUT2D eigenvalue weighted by Gasteiger charge is 2.09. The van der Waals surface area contributed by atoms with E-state index in [4.69, 9.17) is 32.7 Å². The first-order valence-corrected chi connectivity index (χ1v) is 9.50. The molecular formula is C18H17Cl2NO4S. The van der Waals surface area contributed by atoms with Crippen molar-refractivity contribution in [2.45, 2.75) is 5.75 Å². The van der Waals surface area contributed by atoms with Crippen LogP contribution in [0.5, 0.6) is 5.75 Å². The molecule has 0 aliphatic rings. The Bertz CT molecular complexity index is 786. The van der Waals surface area contributed by atoms with E-state index in [1.165, 1.54) is 11.8 Å². The molecule has 0 aliphatic heterocycles. The molecule has 0 bridgehead atoms. The van der Waals surface area contributed by atoms with Crippen LogP contribution < -0.4 is 10.1 Å². The maximum absolute atomic E-state index is 11.8. The standard InChI is InChI=1S/C18H17Cl2NO4S/c1-24-14-4-2-3-13(8-14)21-17(22)9-25-18(23)11-26-10-12-5-6-15(19)16(20)7-12/h2-8H,9-11H2,1H3,(H,21,22). The molecule has 0 atom stereocenters. The van der Waals surface area contributed by atoms with Crippen LogP contribution >= 0.6 is 35.0 Å². The number of ether oxygens (including phenoxy) is 2. The van der Waals surface area contributed by atoms with E-state index < -0.39 is 11.9 Å². The number of anilines is 1. The summed E-state index contributed by atoms with van der Waals surface area (Å²) in [6.07, 6.45) is 0. The van der Waals surface area contributed by atoms with Gasteiger partial charge in [0.2, 0.25) is 0 Å². The fourth-order valence-corrected chi connectivity index (χ4v) is 3.06. The van der Waals surface area contributed by atoms with E-state index >= 15 is 0 Å². The summed E-state index contributed by atoms with van der Waals surface area (Å²) in [5.41, 5.74) is 1.52. The third-order valence-electron chi connectivity index (χ3n) is 3.19. The predicted octanol–water partition coefficient (Wildman–Crippen LogP) is 4.42. The topological polar surface area (TPSA) is 64.6 Å². The van der Waals surface area contributed by atoms with E-state index in [1.54, 1.807) is 43.5 Å². The number of rotatable bonds is 8. The van der Waals surface area contributed by atoms with Crippen molar-refractivity contribution in [2.75, 3.05) is 24.8 Å². The number of thioether (sulfide) groups is 1. The van der Waals surface area contributed by atoms with Crippen LogP contribution in [-0.2, 0) is 20.1 Å². The Kier molecular flexibility index (Phi) is 8.09. The molecule has 0 saturated heterocycles. The molecule has 0 spiro atoms. The van der Waals surface area contributed by atoms with Crippen molar-refractivity contribution in [1.82, 2.24) is 0 Å². The summed E-state index contributed by atoms with van der Waals surface area (Å²) in [7, 11) is 1.54. The lowest BCUT2D eigenvalue weighted by Crippen LogP contribution is -2.21. The third-order valence-corrected chi connectivity index (χ3v) is 4.91. The maximum atomic E-state index is 11.8. The van der Waals surface area contributed by atoms with Gasteiger partial charge in [-0.15, -0.1) is 11.8 Å². The zero-order valence-corrected chi connectivity index (χ0v) is 16.3. The Morgan fingerprint density at radius 2 is 1.92 bits per heavy atom. The van der Waals surface area contributed by atoms with Crippen LogP contribution in [0.4, 0.5) is 5.69 Å². The molecule has 5 nitrogen and oxygen atoms in total. The van der Waals surface area contributed by atoms with E-state index in [1.807, 2.05) is 6.07 Å². The van der Waals surface area contributed by atoms with Gasteiger partial charge in [-0.3, -0.25) is 9.59 Å². The molecule has 0 saturated carbocycles. The first-order chi connectivity index (χ1) is 12.5. The molecule has 1 N–H and O–H groups in total. The van der Waals surface area contributed by atoms with E-state index in [2.05, 4.69) is 5.32 Å². The van der Waals surface area contributed by atoms with Gasteiger partial charge in [0.25, 0.3) is 5.91 Å². The highest BCUT2D eigenvalue weighted by molar-refractivity contribution is 7.99. The molecule has 138 valence electrons. The second kappa shape index (κ2) is 10.3. The minimum atomic E-state index is -0.462. The van der Waals surface area contributed by atoms with Gasteiger partial charge in [-0.25, -0.2) is 0 Å². The lowest BCUT2D eigenvalue weighted by Gasteiger charge is -2.08. The molecule has 8 heteroatoms. The highest BCUT2D eigenvalue weighted by Crippen LogP contribution is 2.24. The molecule has 0 radical (unpaired) electrons. The number of methoxy groups -OCH3 is 1. The minimum Gasteiger partial charge on any atom is -0.497 e. The second-order valence-corrected chi connectivity index (χ2v) is 6.98. The van der Waals surface area contributed by atoms with Gasteiger partial charge in [0.05, 0.1) is 22.9 Å². The smallest absolute Gasteiger partial charge is 0.316 e. The first kappa shape index (κ1) is 20.4. The average molecular weight is 414 g/mol. The number of hydrogen-bond donors (Lipinski definition) is 1. The number of carbonyl (C=O) groups is 2. The predicted molar refractivity (Wildman–Crippen MR) is 105 cm³/mol. The Hall–Kier alpha value is -1.89. The zero-order valence-electron chi connectivity index (χ0n) is 14.0. The van der Waals surface area contributed by atoms with Gasteiger partial charge in [-0.1, -0.05) is 35.3 Å². The number of hydrogen-bond acceptors (Lipinski definition) is 5.